The van der Waals surface area contributed by atoms with Crippen molar-refractivity contribution >= 4 is 0 Å². The van der Waals surface area contributed by atoms with Crippen LogP contribution in [-0.4, -0.2) is 25.2 Å². The second kappa shape index (κ2) is 3.51. The number of nitrogens with zero attached hydrogens (tertiary/aromatic N) is 5. The summed E-state index contributed by atoms with van der Waals surface area (Å²) in [7, 11) is 1.80. The predicted octanol–water partition coefficient (Wildman–Crippen LogP) is -0.347. The van der Waals surface area contributed by atoms with E-state index in [-0.39, 0.29) is 6.04 Å². The van der Waals surface area contributed by atoms with Crippen LogP contribution in [-0.2, 0) is 7.05 Å². The second-order valence-corrected chi connectivity index (χ2v) is 2.97. The van der Waals surface area contributed by atoms with Crippen LogP contribution in [0.15, 0.2) is 24.7 Å². The van der Waals surface area contributed by atoms with Crippen LogP contribution < -0.4 is 5.73 Å². The first kappa shape index (κ1) is 8.76. The molecule has 72 valence electrons. The summed E-state index contributed by atoms with van der Waals surface area (Å²) in [6, 6.07) is 1.52. The molecule has 6 heteroatoms. The van der Waals surface area contributed by atoms with Gasteiger partial charge in [-0.15, -0.1) is 5.10 Å². The Balaban J connectivity index is 2.29. The number of aromatic nitrogens is 5. The quantitative estimate of drug-likeness (QED) is 0.700. The van der Waals surface area contributed by atoms with E-state index >= 15 is 0 Å². The van der Waals surface area contributed by atoms with E-state index in [1.807, 2.05) is 6.07 Å². The first-order chi connectivity index (χ1) is 6.77. The molecule has 0 saturated heterocycles. The summed E-state index contributed by atoms with van der Waals surface area (Å²) in [6.07, 6.45) is 5.01. The molecular formula is C8H10N6. The molecule has 0 radical (unpaired) electrons. The van der Waals surface area contributed by atoms with Gasteiger partial charge in [-0.2, -0.15) is 10.2 Å². The molecular weight excluding hydrogens is 180 g/mol. The summed E-state index contributed by atoms with van der Waals surface area (Å²) in [4.78, 5) is 0. The topological polar surface area (TPSA) is 82.5 Å². The van der Waals surface area contributed by atoms with Gasteiger partial charge in [0.1, 0.15) is 5.69 Å². The Morgan fingerprint density at radius 1 is 1.43 bits per heavy atom. The fraction of sp³-hybridized carbons (Fsp3) is 0.250. The van der Waals surface area contributed by atoms with E-state index in [1.165, 1.54) is 0 Å². The van der Waals surface area contributed by atoms with Gasteiger partial charge >= 0.3 is 0 Å². The van der Waals surface area contributed by atoms with Crippen LogP contribution in [0.2, 0.25) is 0 Å². The van der Waals surface area contributed by atoms with Gasteiger partial charge in [-0.05, 0) is 11.6 Å². The summed E-state index contributed by atoms with van der Waals surface area (Å²) in [5.74, 6) is 0. The summed E-state index contributed by atoms with van der Waals surface area (Å²) >= 11 is 0. The maximum atomic E-state index is 5.95. The van der Waals surface area contributed by atoms with Crippen LogP contribution in [0.4, 0.5) is 0 Å². The largest absolute Gasteiger partial charge is 0.319 e. The van der Waals surface area contributed by atoms with Crippen LogP contribution in [0.5, 0.6) is 0 Å². The number of hydrogen-bond acceptors (Lipinski definition) is 5. The van der Waals surface area contributed by atoms with Crippen molar-refractivity contribution in [2.45, 2.75) is 6.04 Å². The van der Waals surface area contributed by atoms with Crippen LogP contribution in [0, 0.1) is 0 Å². The molecule has 1 unspecified atom stereocenters. The van der Waals surface area contributed by atoms with Crippen LogP contribution in [0.1, 0.15) is 17.3 Å². The lowest BCUT2D eigenvalue weighted by molar-refractivity contribution is 0.710. The molecule has 1 atom stereocenters. The second-order valence-electron chi connectivity index (χ2n) is 2.97. The fourth-order valence-corrected chi connectivity index (χ4v) is 1.16. The Morgan fingerprint density at radius 3 is 2.86 bits per heavy atom. The molecule has 0 aliphatic rings. The van der Waals surface area contributed by atoms with Crippen molar-refractivity contribution in [2.24, 2.45) is 12.8 Å². The number of nitrogens with two attached hydrogens (primary N) is 1. The average molecular weight is 190 g/mol. The summed E-state index contributed by atoms with van der Waals surface area (Å²) in [5, 5.41) is 15.2. The predicted molar refractivity (Wildman–Crippen MR) is 49.1 cm³/mol. The Kier molecular flexibility index (Phi) is 2.19. The molecule has 2 aromatic rings. The molecule has 2 N–H and O–H groups in total. The lowest BCUT2D eigenvalue weighted by atomic mass is 10.1. The van der Waals surface area contributed by atoms with Gasteiger partial charge in [0.05, 0.1) is 18.4 Å². The van der Waals surface area contributed by atoms with Gasteiger partial charge in [-0.25, -0.2) is 0 Å². The summed E-state index contributed by atoms with van der Waals surface area (Å²) in [5.41, 5.74) is 7.54. The third kappa shape index (κ3) is 1.60. The average Bonchev–Trinajstić information content (AvgIpc) is 2.65. The SMILES string of the molecule is Cn1cc(C(N)c2ccnnc2)nn1. The maximum Gasteiger partial charge on any atom is 0.104 e. The van der Waals surface area contributed by atoms with Gasteiger partial charge in [-0.3, -0.25) is 4.68 Å². The van der Waals surface area contributed by atoms with E-state index in [1.54, 1.807) is 30.3 Å². The fourth-order valence-electron chi connectivity index (χ4n) is 1.16. The Labute approximate surface area is 80.8 Å². The molecule has 0 fully saturated rings. The first-order valence-electron chi connectivity index (χ1n) is 4.16. The molecule has 14 heavy (non-hydrogen) atoms. The van der Waals surface area contributed by atoms with Gasteiger partial charge in [0.2, 0.25) is 0 Å². The standard InChI is InChI=1S/C8H10N6/c1-14-5-7(12-13-14)8(9)6-2-3-10-11-4-6/h2-5,8H,9H2,1H3. The van der Waals surface area contributed by atoms with E-state index in [9.17, 15) is 0 Å². The van der Waals surface area contributed by atoms with Crippen molar-refractivity contribution in [3.63, 3.8) is 0 Å². The summed E-state index contributed by atoms with van der Waals surface area (Å²) < 4.78 is 1.61. The number of hydrogen-bond donors (Lipinski definition) is 1. The molecule has 0 aliphatic heterocycles. The molecule has 0 amide bonds. The lowest BCUT2D eigenvalue weighted by Crippen LogP contribution is -2.12. The van der Waals surface area contributed by atoms with Crippen molar-refractivity contribution in [2.75, 3.05) is 0 Å². The number of aryl methyl sites for hydroxylation is 1. The van der Waals surface area contributed by atoms with Crippen molar-refractivity contribution < 1.29 is 0 Å². The van der Waals surface area contributed by atoms with Crippen molar-refractivity contribution in [1.82, 2.24) is 25.2 Å². The monoisotopic (exact) mass is 190 g/mol. The highest BCUT2D eigenvalue weighted by Gasteiger charge is 2.12. The van der Waals surface area contributed by atoms with Crippen molar-refractivity contribution in [3.8, 4) is 0 Å². The lowest BCUT2D eigenvalue weighted by Gasteiger charge is -2.05. The zero-order valence-corrected chi connectivity index (χ0v) is 7.70. The van der Waals surface area contributed by atoms with Crippen molar-refractivity contribution in [1.29, 1.82) is 0 Å². The highest BCUT2D eigenvalue weighted by Crippen LogP contribution is 2.14. The molecule has 0 bridgehead atoms. The van der Waals surface area contributed by atoms with Crippen molar-refractivity contribution in [3.05, 3.63) is 35.9 Å². The highest BCUT2D eigenvalue weighted by molar-refractivity contribution is 5.20. The zero-order valence-electron chi connectivity index (χ0n) is 7.70. The van der Waals surface area contributed by atoms with Crippen LogP contribution in [0.3, 0.4) is 0 Å². The Hall–Kier alpha value is -1.82. The molecule has 0 aliphatic carbocycles. The Bertz CT molecular complexity index is 409. The molecule has 6 nitrogen and oxygen atoms in total. The third-order valence-electron chi connectivity index (χ3n) is 1.91. The van der Waals surface area contributed by atoms with Crippen LogP contribution in [0.25, 0.3) is 0 Å². The van der Waals surface area contributed by atoms with Gasteiger partial charge < -0.3 is 5.73 Å². The molecule has 0 aromatic carbocycles. The summed E-state index contributed by atoms with van der Waals surface area (Å²) in [6.45, 7) is 0. The highest BCUT2D eigenvalue weighted by atomic mass is 15.4. The van der Waals surface area contributed by atoms with Gasteiger partial charge in [0.15, 0.2) is 0 Å². The number of rotatable bonds is 2. The van der Waals surface area contributed by atoms with Gasteiger partial charge in [0, 0.05) is 13.2 Å². The van der Waals surface area contributed by atoms with E-state index in [0.717, 1.165) is 11.3 Å². The molecule has 2 heterocycles. The maximum absolute atomic E-state index is 5.95. The minimum atomic E-state index is -0.292. The van der Waals surface area contributed by atoms with Crippen LogP contribution >= 0.6 is 0 Å². The van der Waals surface area contributed by atoms with E-state index in [2.05, 4.69) is 20.5 Å². The van der Waals surface area contributed by atoms with E-state index in [0.29, 0.717) is 0 Å². The smallest absolute Gasteiger partial charge is 0.104 e. The third-order valence-corrected chi connectivity index (χ3v) is 1.91. The van der Waals surface area contributed by atoms with E-state index < -0.39 is 0 Å². The Morgan fingerprint density at radius 2 is 2.29 bits per heavy atom. The minimum Gasteiger partial charge on any atom is -0.319 e. The van der Waals surface area contributed by atoms with Gasteiger partial charge in [0.25, 0.3) is 0 Å². The molecule has 0 spiro atoms. The minimum absolute atomic E-state index is 0.292. The normalized spacial score (nSPS) is 12.7. The first-order valence-corrected chi connectivity index (χ1v) is 4.16. The molecule has 2 aromatic heterocycles. The zero-order chi connectivity index (χ0) is 9.97. The molecule has 2 rings (SSSR count). The van der Waals surface area contributed by atoms with Gasteiger partial charge in [-0.1, -0.05) is 5.21 Å². The molecule has 0 saturated carbocycles. The van der Waals surface area contributed by atoms with E-state index in [4.69, 9.17) is 5.73 Å².